The van der Waals surface area contributed by atoms with Gasteiger partial charge in [-0.25, -0.2) is 0 Å². The van der Waals surface area contributed by atoms with Crippen LogP contribution in [0.2, 0.25) is 0 Å². The van der Waals surface area contributed by atoms with Crippen molar-refractivity contribution in [3.8, 4) is 0 Å². The van der Waals surface area contributed by atoms with E-state index >= 15 is 0 Å². The third-order valence-electron chi connectivity index (χ3n) is 17.9. The number of allylic oxidation sites excluding steroid dienone is 1. The standard InChI is InChI=1S/C48H74O18/c1-20-11-14-48(58-18-20)21(2)34-32(66-48)17-30-28-10-9-26-15-27(51)16-33(47(26,8)29(28)12-13-46(30,34)7)63-44-42(40(36(54)23(4)59-44)64-43-38(56)37(55)31(52)19-57-43)65-45-41(62-25(6)50)39(61-24(5)49)35(53)22(3)60-45/h9,20-23,27-45,51-56H,10-19H2,1-8H3/t20-,21-,22-,23+,27+,28+,29-,30-,31+,32-,33+,34-,35-,36-,37-,38+,39+,40-,41+,42+,43-,44-,45-,46-,47-,48+/m0/s1. The molecule has 3 saturated carbocycles. The first kappa shape index (κ1) is 49.1. The van der Waals surface area contributed by atoms with Gasteiger partial charge in [0.2, 0.25) is 0 Å². The van der Waals surface area contributed by atoms with Crippen molar-refractivity contribution >= 4 is 11.9 Å². The molecule has 0 aromatic rings. The number of aliphatic hydroxyl groups is 6. The Morgan fingerprint density at radius 1 is 0.712 bits per heavy atom. The fourth-order valence-electron chi connectivity index (χ4n) is 14.4. The molecular formula is C48H74O18. The molecule has 5 saturated heterocycles. The van der Waals surface area contributed by atoms with Crippen LogP contribution in [-0.2, 0) is 57.0 Å². The van der Waals surface area contributed by atoms with Crippen LogP contribution in [0.4, 0.5) is 0 Å². The van der Waals surface area contributed by atoms with Gasteiger partial charge < -0.3 is 78.0 Å². The Morgan fingerprint density at radius 2 is 1.36 bits per heavy atom. The number of esters is 2. The minimum Gasteiger partial charge on any atom is -0.455 e. The number of fused-ring (bicyclic) bond motifs is 7. The second-order valence-electron chi connectivity index (χ2n) is 21.9. The van der Waals surface area contributed by atoms with Gasteiger partial charge in [0, 0.05) is 38.0 Å². The van der Waals surface area contributed by atoms with Crippen molar-refractivity contribution in [1.29, 1.82) is 0 Å². The smallest absolute Gasteiger partial charge is 0.303 e. The highest BCUT2D eigenvalue weighted by Gasteiger charge is 2.70. The van der Waals surface area contributed by atoms with Crippen molar-refractivity contribution in [3.05, 3.63) is 11.6 Å². The summed E-state index contributed by atoms with van der Waals surface area (Å²) in [6, 6.07) is 0. The van der Waals surface area contributed by atoms with E-state index in [0.29, 0.717) is 30.1 Å². The summed E-state index contributed by atoms with van der Waals surface area (Å²) in [5.74, 6) is -0.0788. The zero-order valence-corrected chi connectivity index (χ0v) is 39.5. The minimum absolute atomic E-state index is 0.0392. The Labute approximate surface area is 386 Å². The molecule has 5 aliphatic heterocycles. The van der Waals surface area contributed by atoms with Crippen LogP contribution >= 0.6 is 0 Å². The summed E-state index contributed by atoms with van der Waals surface area (Å²) < 4.78 is 63.2. The lowest BCUT2D eigenvalue weighted by atomic mass is 9.46. The summed E-state index contributed by atoms with van der Waals surface area (Å²) in [4.78, 5) is 24.9. The highest BCUT2D eigenvalue weighted by molar-refractivity contribution is 5.67. The number of carbonyl (C=O) groups is 2. The topological polar surface area (TPSA) is 248 Å². The third kappa shape index (κ3) is 8.31. The van der Waals surface area contributed by atoms with Crippen molar-refractivity contribution in [2.75, 3.05) is 13.2 Å². The van der Waals surface area contributed by atoms with Gasteiger partial charge in [-0.3, -0.25) is 9.59 Å². The molecule has 0 amide bonds. The van der Waals surface area contributed by atoms with Gasteiger partial charge in [0.1, 0.15) is 42.7 Å². The maximum atomic E-state index is 12.6. The van der Waals surface area contributed by atoms with Gasteiger partial charge in [-0.2, -0.15) is 0 Å². The fourth-order valence-corrected chi connectivity index (χ4v) is 14.4. The Balaban J connectivity index is 1.03. The molecule has 9 rings (SSSR count). The Hall–Kier alpha value is -1.88. The minimum atomic E-state index is -1.74. The summed E-state index contributed by atoms with van der Waals surface area (Å²) in [5.41, 5.74) is 0.572. The molecule has 9 aliphatic rings. The molecule has 8 fully saturated rings. The quantitative estimate of drug-likeness (QED) is 0.151. The molecule has 66 heavy (non-hydrogen) atoms. The second kappa shape index (κ2) is 18.4. The van der Waals surface area contributed by atoms with Gasteiger partial charge in [-0.1, -0.05) is 39.3 Å². The normalized spacial score (nSPS) is 54.6. The molecule has 0 aromatic heterocycles. The monoisotopic (exact) mass is 938 g/mol. The number of hydrogen-bond donors (Lipinski definition) is 6. The van der Waals surface area contributed by atoms with Crippen LogP contribution in [-0.4, -0.2) is 166 Å². The van der Waals surface area contributed by atoms with Crippen LogP contribution in [0.15, 0.2) is 11.6 Å². The molecule has 0 radical (unpaired) electrons. The molecule has 374 valence electrons. The second-order valence-corrected chi connectivity index (χ2v) is 21.9. The zero-order chi connectivity index (χ0) is 47.4. The Bertz CT molecular complexity index is 1810. The predicted octanol–water partition coefficient (Wildman–Crippen LogP) is 1.99. The number of rotatable bonds is 8. The largest absolute Gasteiger partial charge is 0.455 e. The van der Waals surface area contributed by atoms with E-state index in [-0.39, 0.29) is 36.4 Å². The first-order chi connectivity index (χ1) is 31.2. The average Bonchev–Trinajstić information content (AvgIpc) is 3.70. The molecule has 0 aromatic carbocycles. The summed E-state index contributed by atoms with van der Waals surface area (Å²) in [6.07, 6.45) is -12.6. The Morgan fingerprint density at radius 3 is 2.03 bits per heavy atom. The molecule has 1 spiro atoms. The van der Waals surface area contributed by atoms with Crippen molar-refractivity contribution in [3.63, 3.8) is 0 Å². The lowest BCUT2D eigenvalue weighted by Crippen LogP contribution is -2.67. The van der Waals surface area contributed by atoms with Gasteiger partial charge in [0.05, 0.1) is 43.7 Å². The molecule has 18 heteroatoms. The number of hydrogen-bond acceptors (Lipinski definition) is 18. The molecule has 0 bridgehead atoms. The fraction of sp³-hybridized carbons (Fsp3) is 0.917. The molecule has 5 heterocycles. The van der Waals surface area contributed by atoms with Gasteiger partial charge in [-0.05, 0) is 87.4 Å². The number of aliphatic hydroxyl groups excluding tert-OH is 6. The van der Waals surface area contributed by atoms with Crippen LogP contribution in [0.1, 0.15) is 107 Å². The van der Waals surface area contributed by atoms with E-state index in [4.69, 9.17) is 47.4 Å². The van der Waals surface area contributed by atoms with E-state index in [1.807, 2.05) is 0 Å². The Kier molecular flexibility index (Phi) is 13.7. The summed E-state index contributed by atoms with van der Waals surface area (Å²) >= 11 is 0. The van der Waals surface area contributed by atoms with Gasteiger partial charge in [0.15, 0.2) is 36.9 Å². The van der Waals surface area contributed by atoms with Crippen LogP contribution in [0.3, 0.4) is 0 Å². The van der Waals surface area contributed by atoms with E-state index in [0.717, 1.165) is 64.6 Å². The molecular weight excluding hydrogens is 865 g/mol. The lowest BCUT2D eigenvalue weighted by Gasteiger charge is -2.60. The first-order valence-corrected chi connectivity index (χ1v) is 24.5. The van der Waals surface area contributed by atoms with E-state index in [1.54, 1.807) is 6.92 Å². The lowest BCUT2D eigenvalue weighted by molar-refractivity contribution is -0.391. The van der Waals surface area contributed by atoms with Crippen molar-refractivity contribution in [1.82, 2.24) is 0 Å². The summed E-state index contributed by atoms with van der Waals surface area (Å²) in [5, 5.41) is 66.4. The van der Waals surface area contributed by atoms with Crippen LogP contribution in [0.5, 0.6) is 0 Å². The van der Waals surface area contributed by atoms with E-state index < -0.39 is 121 Å². The van der Waals surface area contributed by atoms with Gasteiger partial charge in [-0.15, -0.1) is 0 Å². The summed E-state index contributed by atoms with van der Waals surface area (Å²) in [7, 11) is 0. The van der Waals surface area contributed by atoms with Gasteiger partial charge >= 0.3 is 11.9 Å². The highest BCUT2D eigenvalue weighted by Crippen LogP contribution is 2.71. The molecule has 18 nitrogen and oxygen atoms in total. The molecule has 0 unspecified atom stereocenters. The SMILES string of the molecule is CC(=O)O[C@@H]1[C@@H](O)[C@H](C)O[C@@H](O[C@H]2[C@H](O[C@@H]3C[C@H](O)CC4=CC[C@H]5[C@@H]6C[C@@H]7O[C@]8(CC[C@H](C)CO8)[C@@H](C)[C@@H]7[C@@]6(C)CC[C@@H]5[C@]43C)O[C@H](C)[C@H](O)[C@@H]2O[C@@H]2OC[C@@H](O)[C@H](O)[C@H]2O)[C@@H]1OC(C)=O. The maximum Gasteiger partial charge on any atom is 0.303 e. The number of carbonyl (C=O) groups excluding carboxylic acids is 2. The van der Waals surface area contributed by atoms with Crippen molar-refractivity contribution < 1.29 is 87.6 Å². The highest BCUT2D eigenvalue weighted by atomic mass is 16.8. The predicted molar refractivity (Wildman–Crippen MR) is 227 cm³/mol. The number of ether oxygens (including phenoxy) is 10. The molecule has 4 aliphatic carbocycles. The first-order valence-electron chi connectivity index (χ1n) is 24.5. The summed E-state index contributed by atoms with van der Waals surface area (Å²) in [6.45, 7) is 15.0. The van der Waals surface area contributed by atoms with Crippen LogP contribution < -0.4 is 0 Å². The molecule has 6 N–H and O–H groups in total. The third-order valence-corrected chi connectivity index (χ3v) is 17.9. The van der Waals surface area contributed by atoms with Crippen LogP contribution in [0, 0.1) is 46.3 Å². The van der Waals surface area contributed by atoms with E-state index in [9.17, 15) is 40.2 Å². The average molecular weight is 939 g/mol. The van der Waals surface area contributed by atoms with Crippen molar-refractivity contribution in [2.45, 2.75) is 217 Å². The van der Waals surface area contributed by atoms with Gasteiger partial charge in [0.25, 0.3) is 0 Å². The van der Waals surface area contributed by atoms with E-state index in [1.165, 1.54) is 6.92 Å². The van der Waals surface area contributed by atoms with Crippen molar-refractivity contribution in [2.24, 2.45) is 46.3 Å². The van der Waals surface area contributed by atoms with Crippen LogP contribution in [0.25, 0.3) is 0 Å². The maximum absolute atomic E-state index is 12.6. The van der Waals surface area contributed by atoms with E-state index in [2.05, 4.69) is 33.8 Å². The molecule has 26 atom stereocenters. The zero-order valence-electron chi connectivity index (χ0n) is 39.5.